The van der Waals surface area contributed by atoms with Crippen molar-refractivity contribution in [2.45, 2.75) is 6.10 Å². The van der Waals surface area contributed by atoms with E-state index in [2.05, 4.69) is 0 Å². The molecular weight excluding hydrogens is 330 g/mol. The Morgan fingerprint density at radius 3 is 1.96 bits per heavy atom. The summed E-state index contributed by atoms with van der Waals surface area (Å²) >= 11 is 0. The summed E-state index contributed by atoms with van der Waals surface area (Å²) in [4.78, 5) is 25.4. The van der Waals surface area contributed by atoms with Crippen LogP contribution in [0.3, 0.4) is 0 Å². The van der Waals surface area contributed by atoms with Crippen LogP contribution >= 0.6 is 0 Å². The summed E-state index contributed by atoms with van der Waals surface area (Å²) in [7, 11) is 0. The molecule has 1 aromatic rings. The van der Waals surface area contributed by atoms with E-state index in [-0.39, 0.29) is 38.2 Å². The van der Waals surface area contributed by atoms with Crippen molar-refractivity contribution < 1.29 is 34.0 Å². The summed E-state index contributed by atoms with van der Waals surface area (Å²) in [6.07, 6.45) is -0.870. The van der Waals surface area contributed by atoms with Crippen LogP contribution in [0, 0.1) is 0 Å². The molecule has 0 aromatic heterocycles. The molecule has 1 atom stereocenters. The molecule has 0 aliphatic carbocycles. The van der Waals surface area contributed by atoms with Crippen LogP contribution in [0.5, 0.6) is 0 Å². The number of aliphatic hydroxyl groups is 2. The third-order valence-corrected chi connectivity index (χ3v) is 3.60. The molecule has 1 aliphatic rings. The molecule has 1 aromatic carbocycles. The van der Waals surface area contributed by atoms with E-state index in [1.807, 2.05) is 0 Å². The van der Waals surface area contributed by atoms with E-state index in [4.69, 9.17) is 24.4 Å². The molecule has 1 unspecified atom stereocenters. The van der Waals surface area contributed by atoms with Gasteiger partial charge < -0.3 is 24.4 Å². The van der Waals surface area contributed by atoms with Crippen LogP contribution < -0.4 is 0 Å². The predicted octanol–water partition coefficient (Wildman–Crippen LogP) is -0.314. The first-order valence-corrected chi connectivity index (χ1v) is 8.12. The molecular formula is C17H23NO7. The average Bonchev–Trinajstić information content (AvgIpc) is 2.88. The summed E-state index contributed by atoms with van der Waals surface area (Å²) in [5.74, 6) is -0.578. The zero-order chi connectivity index (χ0) is 18.1. The molecule has 2 rings (SSSR count). The number of rotatable bonds is 12. The van der Waals surface area contributed by atoms with E-state index >= 15 is 0 Å². The van der Waals surface area contributed by atoms with Crippen molar-refractivity contribution >= 4 is 11.8 Å². The van der Waals surface area contributed by atoms with Gasteiger partial charge in [0, 0.05) is 0 Å². The van der Waals surface area contributed by atoms with E-state index < -0.39 is 6.10 Å². The molecule has 0 radical (unpaired) electrons. The molecule has 0 saturated heterocycles. The minimum absolute atomic E-state index is 0.0661. The fourth-order valence-electron chi connectivity index (χ4n) is 2.31. The molecule has 1 aliphatic heterocycles. The molecule has 2 N–H and O–H groups in total. The predicted molar refractivity (Wildman–Crippen MR) is 87.4 cm³/mol. The van der Waals surface area contributed by atoms with Gasteiger partial charge in [0.15, 0.2) is 0 Å². The summed E-state index contributed by atoms with van der Waals surface area (Å²) < 4.78 is 15.7. The smallest absolute Gasteiger partial charge is 0.261 e. The maximum absolute atomic E-state index is 12.1. The monoisotopic (exact) mass is 353 g/mol. The normalized spacial score (nSPS) is 14.9. The summed E-state index contributed by atoms with van der Waals surface area (Å²) in [6.45, 7) is 1.53. The zero-order valence-electron chi connectivity index (χ0n) is 13.9. The Balaban J connectivity index is 1.52. The number of fused-ring (bicyclic) bond motifs is 1. The van der Waals surface area contributed by atoms with Gasteiger partial charge in [0.25, 0.3) is 11.8 Å². The maximum atomic E-state index is 12.1. The highest BCUT2D eigenvalue weighted by molar-refractivity contribution is 6.21. The molecule has 0 saturated carbocycles. The van der Waals surface area contributed by atoms with E-state index in [0.29, 0.717) is 37.6 Å². The minimum Gasteiger partial charge on any atom is -0.394 e. The van der Waals surface area contributed by atoms with Crippen molar-refractivity contribution in [1.82, 2.24) is 4.90 Å². The number of carbonyl (C=O) groups is 2. The van der Waals surface area contributed by atoms with Gasteiger partial charge >= 0.3 is 0 Å². The van der Waals surface area contributed by atoms with E-state index in [0.717, 1.165) is 0 Å². The number of benzene rings is 1. The second-order valence-electron chi connectivity index (χ2n) is 5.44. The second kappa shape index (κ2) is 10.2. The third kappa shape index (κ3) is 5.58. The van der Waals surface area contributed by atoms with Crippen LogP contribution in [0.4, 0.5) is 0 Å². The number of imide groups is 1. The molecule has 0 spiro atoms. The Morgan fingerprint density at radius 1 is 0.880 bits per heavy atom. The van der Waals surface area contributed by atoms with Crippen molar-refractivity contribution in [3.8, 4) is 0 Å². The lowest BCUT2D eigenvalue weighted by Crippen LogP contribution is -2.33. The van der Waals surface area contributed by atoms with Crippen molar-refractivity contribution in [2.75, 3.05) is 52.8 Å². The van der Waals surface area contributed by atoms with Crippen molar-refractivity contribution in [3.05, 3.63) is 35.4 Å². The molecule has 1 heterocycles. The molecule has 25 heavy (non-hydrogen) atoms. The number of carbonyl (C=O) groups excluding carboxylic acids is 2. The van der Waals surface area contributed by atoms with Crippen molar-refractivity contribution in [2.24, 2.45) is 0 Å². The Hall–Kier alpha value is -1.84. The number of nitrogens with zero attached hydrogens (tertiary/aromatic N) is 1. The molecule has 0 bridgehead atoms. The maximum Gasteiger partial charge on any atom is 0.261 e. The van der Waals surface area contributed by atoms with Gasteiger partial charge in [-0.1, -0.05) is 12.1 Å². The van der Waals surface area contributed by atoms with Gasteiger partial charge in [-0.3, -0.25) is 14.5 Å². The highest BCUT2D eigenvalue weighted by Crippen LogP contribution is 2.21. The van der Waals surface area contributed by atoms with E-state index in [1.54, 1.807) is 24.3 Å². The lowest BCUT2D eigenvalue weighted by Gasteiger charge is -2.14. The van der Waals surface area contributed by atoms with Crippen LogP contribution in [-0.2, 0) is 14.2 Å². The van der Waals surface area contributed by atoms with Crippen molar-refractivity contribution in [3.63, 3.8) is 0 Å². The summed E-state index contributed by atoms with van der Waals surface area (Å²) in [5, 5.41) is 17.7. The Kier molecular flexibility index (Phi) is 7.96. The van der Waals surface area contributed by atoms with Gasteiger partial charge in [-0.2, -0.15) is 0 Å². The van der Waals surface area contributed by atoms with Gasteiger partial charge in [-0.25, -0.2) is 0 Å². The summed E-state index contributed by atoms with van der Waals surface area (Å²) in [6, 6.07) is 6.75. The number of hydrogen-bond donors (Lipinski definition) is 2. The molecule has 8 nitrogen and oxygen atoms in total. The standard InChI is InChI=1S/C17H23NO7/c19-11-13(20)12-25-10-9-24-8-7-23-6-5-18-16(21)14-3-1-2-4-15(14)17(18)22/h1-4,13,19-20H,5-12H2. The van der Waals surface area contributed by atoms with Gasteiger partial charge in [0.1, 0.15) is 6.10 Å². The molecule has 2 amide bonds. The Labute approximate surface area is 145 Å². The number of aliphatic hydroxyl groups excluding tert-OH is 2. The number of ether oxygens (including phenoxy) is 3. The molecule has 0 fully saturated rings. The second-order valence-corrected chi connectivity index (χ2v) is 5.44. The summed E-state index contributed by atoms with van der Waals surface area (Å²) in [5.41, 5.74) is 0.865. The van der Waals surface area contributed by atoms with Gasteiger partial charge in [0.2, 0.25) is 0 Å². The Bertz CT molecular complexity index is 543. The fraction of sp³-hybridized carbons (Fsp3) is 0.529. The van der Waals surface area contributed by atoms with Crippen LogP contribution in [0.25, 0.3) is 0 Å². The SMILES string of the molecule is O=C1c2ccccc2C(=O)N1CCOCCOCCOCC(O)CO. The van der Waals surface area contributed by atoms with Crippen LogP contribution in [0.1, 0.15) is 20.7 Å². The largest absolute Gasteiger partial charge is 0.394 e. The number of hydrogen-bond acceptors (Lipinski definition) is 7. The first-order chi connectivity index (χ1) is 12.1. The Morgan fingerprint density at radius 2 is 1.40 bits per heavy atom. The quantitative estimate of drug-likeness (QED) is 0.392. The first-order valence-electron chi connectivity index (χ1n) is 8.12. The van der Waals surface area contributed by atoms with Gasteiger partial charge in [0.05, 0.1) is 63.9 Å². The minimum atomic E-state index is -0.870. The average molecular weight is 353 g/mol. The molecule has 8 heteroatoms. The van der Waals surface area contributed by atoms with Crippen LogP contribution in [0.2, 0.25) is 0 Å². The van der Waals surface area contributed by atoms with Crippen molar-refractivity contribution in [1.29, 1.82) is 0 Å². The van der Waals surface area contributed by atoms with Gasteiger partial charge in [-0.05, 0) is 12.1 Å². The topological polar surface area (TPSA) is 106 Å². The lowest BCUT2D eigenvalue weighted by atomic mass is 10.1. The van der Waals surface area contributed by atoms with E-state index in [1.165, 1.54) is 4.90 Å². The molecule has 138 valence electrons. The fourth-order valence-corrected chi connectivity index (χ4v) is 2.31. The van der Waals surface area contributed by atoms with Crippen LogP contribution in [0.15, 0.2) is 24.3 Å². The lowest BCUT2D eigenvalue weighted by molar-refractivity contribution is -0.0232. The number of amides is 2. The van der Waals surface area contributed by atoms with E-state index in [9.17, 15) is 9.59 Å². The van der Waals surface area contributed by atoms with Gasteiger partial charge in [-0.15, -0.1) is 0 Å². The third-order valence-electron chi connectivity index (χ3n) is 3.60. The van der Waals surface area contributed by atoms with Crippen LogP contribution in [-0.4, -0.2) is 85.8 Å². The first kappa shape index (κ1) is 19.5. The highest BCUT2D eigenvalue weighted by Gasteiger charge is 2.34. The highest BCUT2D eigenvalue weighted by atomic mass is 16.5. The zero-order valence-corrected chi connectivity index (χ0v) is 13.9.